The number of halogens is 1. The lowest BCUT2D eigenvalue weighted by atomic mass is 9.94. The summed E-state index contributed by atoms with van der Waals surface area (Å²) in [6.07, 6.45) is -0.606. The number of ether oxygens (including phenoxy) is 1. The van der Waals surface area contributed by atoms with E-state index in [-0.39, 0.29) is 18.8 Å². The molecule has 15 heavy (non-hydrogen) atoms. The zero-order chi connectivity index (χ0) is 12.1. The van der Waals surface area contributed by atoms with Crippen LogP contribution in [0.4, 0.5) is 4.39 Å². The van der Waals surface area contributed by atoms with Crippen molar-refractivity contribution in [3.8, 4) is 0 Å². The van der Waals surface area contributed by atoms with Crippen LogP contribution in [0.2, 0.25) is 0 Å². The molecule has 86 valence electrons. The van der Waals surface area contributed by atoms with E-state index >= 15 is 0 Å². The van der Waals surface area contributed by atoms with Crippen molar-refractivity contribution in [2.24, 2.45) is 0 Å². The van der Waals surface area contributed by atoms with Crippen molar-refractivity contribution in [1.82, 2.24) is 0 Å². The van der Waals surface area contributed by atoms with Gasteiger partial charge >= 0.3 is 5.97 Å². The fourth-order valence-electron chi connectivity index (χ4n) is 1.02. The van der Waals surface area contributed by atoms with E-state index in [0.717, 1.165) is 6.92 Å². The minimum absolute atomic E-state index is 0.00213. The molecule has 0 spiro atoms. The van der Waals surface area contributed by atoms with E-state index in [2.05, 4.69) is 4.74 Å². The van der Waals surface area contributed by atoms with E-state index in [1.165, 1.54) is 13.8 Å². The first kappa shape index (κ1) is 13.7. The number of hydrogen-bond acceptors (Lipinski definition) is 4. The predicted molar refractivity (Wildman–Crippen MR) is 51.1 cm³/mol. The summed E-state index contributed by atoms with van der Waals surface area (Å²) in [5, 5.41) is 0. The Morgan fingerprint density at radius 3 is 2.13 bits per heavy atom. The summed E-state index contributed by atoms with van der Waals surface area (Å²) in [6, 6.07) is 0. The molecule has 0 aliphatic heterocycles. The molecule has 0 saturated carbocycles. The molecule has 0 aromatic rings. The van der Waals surface area contributed by atoms with Gasteiger partial charge in [-0.2, -0.15) is 0 Å². The van der Waals surface area contributed by atoms with Gasteiger partial charge in [0, 0.05) is 12.8 Å². The highest BCUT2D eigenvalue weighted by molar-refractivity contribution is 6.06. The first-order valence-corrected chi connectivity index (χ1v) is 4.71. The number of alkyl halides is 1. The van der Waals surface area contributed by atoms with Gasteiger partial charge in [0.25, 0.3) is 5.67 Å². The molecule has 0 aliphatic rings. The molecular formula is C10H15FO4. The van der Waals surface area contributed by atoms with Crippen molar-refractivity contribution in [3.05, 3.63) is 0 Å². The average Bonchev–Trinajstić information content (AvgIpc) is 2.14. The fourth-order valence-corrected chi connectivity index (χ4v) is 1.02. The molecule has 0 aliphatic carbocycles. The Bertz CT molecular complexity index is 275. The van der Waals surface area contributed by atoms with Crippen molar-refractivity contribution in [2.45, 2.75) is 39.3 Å². The topological polar surface area (TPSA) is 60.4 Å². The van der Waals surface area contributed by atoms with Crippen molar-refractivity contribution in [2.75, 3.05) is 6.61 Å². The van der Waals surface area contributed by atoms with E-state index in [4.69, 9.17) is 0 Å². The SMILES string of the molecule is CCOC(=O)[C@@](F)(CCC(C)=O)C(C)=O. The van der Waals surface area contributed by atoms with Gasteiger partial charge in [0.15, 0.2) is 5.78 Å². The number of hydrogen-bond donors (Lipinski definition) is 0. The zero-order valence-corrected chi connectivity index (χ0v) is 9.13. The van der Waals surface area contributed by atoms with Crippen LogP contribution in [0.1, 0.15) is 33.6 Å². The quantitative estimate of drug-likeness (QED) is 0.496. The van der Waals surface area contributed by atoms with Crippen LogP contribution in [0.15, 0.2) is 0 Å². The first-order chi connectivity index (χ1) is 6.84. The van der Waals surface area contributed by atoms with Crippen LogP contribution >= 0.6 is 0 Å². The average molecular weight is 218 g/mol. The molecule has 0 fully saturated rings. The molecule has 0 aromatic carbocycles. The highest BCUT2D eigenvalue weighted by atomic mass is 19.1. The molecule has 0 unspecified atom stereocenters. The van der Waals surface area contributed by atoms with Gasteiger partial charge in [0.2, 0.25) is 0 Å². The van der Waals surface area contributed by atoms with E-state index in [9.17, 15) is 18.8 Å². The molecule has 1 atom stereocenters. The second-order valence-electron chi connectivity index (χ2n) is 3.28. The maximum Gasteiger partial charge on any atom is 0.351 e. The van der Waals surface area contributed by atoms with Crippen LogP contribution in [-0.2, 0) is 19.1 Å². The maximum absolute atomic E-state index is 13.9. The van der Waals surface area contributed by atoms with E-state index < -0.39 is 23.8 Å². The Morgan fingerprint density at radius 2 is 1.80 bits per heavy atom. The van der Waals surface area contributed by atoms with Crippen LogP contribution < -0.4 is 0 Å². The Kier molecular flexibility index (Phi) is 5.11. The molecule has 0 bridgehead atoms. The highest BCUT2D eigenvalue weighted by Gasteiger charge is 2.45. The Balaban J connectivity index is 4.66. The maximum atomic E-state index is 13.9. The summed E-state index contributed by atoms with van der Waals surface area (Å²) in [4.78, 5) is 32.9. The molecule has 0 rings (SSSR count). The number of esters is 1. The second kappa shape index (κ2) is 5.58. The minimum Gasteiger partial charge on any atom is -0.463 e. The number of carbonyl (C=O) groups is 3. The van der Waals surface area contributed by atoms with Gasteiger partial charge in [-0.1, -0.05) is 0 Å². The van der Waals surface area contributed by atoms with Crippen LogP contribution in [0.5, 0.6) is 0 Å². The summed E-state index contributed by atoms with van der Waals surface area (Å²) in [6.45, 7) is 3.75. The first-order valence-electron chi connectivity index (χ1n) is 4.71. The molecule has 0 heterocycles. The Morgan fingerprint density at radius 1 is 1.27 bits per heavy atom. The van der Waals surface area contributed by atoms with Crippen molar-refractivity contribution >= 4 is 17.5 Å². The van der Waals surface area contributed by atoms with Crippen LogP contribution in [0, 0.1) is 0 Å². The third kappa shape index (κ3) is 3.77. The van der Waals surface area contributed by atoms with Crippen molar-refractivity contribution in [3.63, 3.8) is 0 Å². The molecule has 4 nitrogen and oxygen atoms in total. The Labute approximate surface area is 87.8 Å². The molecule has 0 saturated heterocycles. The normalized spacial score (nSPS) is 14.1. The smallest absolute Gasteiger partial charge is 0.351 e. The molecule has 0 radical (unpaired) electrons. The zero-order valence-electron chi connectivity index (χ0n) is 9.13. The van der Waals surface area contributed by atoms with Gasteiger partial charge < -0.3 is 9.53 Å². The summed E-state index contributed by atoms with van der Waals surface area (Å²) < 4.78 is 18.3. The third-order valence-corrected chi connectivity index (χ3v) is 1.98. The highest BCUT2D eigenvalue weighted by Crippen LogP contribution is 2.22. The number of carbonyl (C=O) groups excluding carboxylic acids is 3. The predicted octanol–water partition coefficient (Wildman–Crippen LogP) is 1.22. The largest absolute Gasteiger partial charge is 0.463 e. The van der Waals surface area contributed by atoms with Gasteiger partial charge in [-0.25, -0.2) is 9.18 Å². The van der Waals surface area contributed by atoms with Crippen molar-refractivity contribution in [1.29, 1.82) is 0 Å². The Hall–Kier alpha value is -1.26. The summed E-state index contributed by atoms with van der Waals surface area (Å²) in [5.41, 5.74) is -2.68. The molecule has 0 N–H and O–H groups in total. The van der Waals surface area contributed by atoms with Crippen LogP contribution in [0.3, 0.4) is 0 Å². The minimum atomic E-state index is -2.68. The summed E-state index contributed by atoms with van der Waals surface area (Å²) >= 11 is 0. The van der Waals surface area contributed by atoms with E-state index in [0.29, 0.717) is 0 Å². The van der Waals surface area contributed by atoms with Crippen LogP contribution in [-0.4, -0.2) is 29.8 Å². The standard InChI is InChI=1S/C10H15FO4/c1-4-15-9(14)10(11,8(3)13)6-5-7(2)12/h4-6H2,1-3H3/t10-/m1/s1. The van der Waals surface area contributed by atoms with Gasteiger partial charge in [-0.05, 0) is 20.8 Å². The number of ketones is 2. The van der Waals surface area contributed by atoms with Gasteiger partial charge in [-0.15, -0.1) is 0 Å². The van der Waals surface area contributed by atoms with Gasteiger partial charge in [0.05, 0.1) is 6.61 Å². The fraction of sp³-hybridized carbons (Fsp3) is 0.700. The molecule has 0 amide bonds. The number of Topliss-reactive ketones (excluding diaryl/α,β-unsaturated/α-hetero) is 2. The summed E-state index contributed by atoms with van der Waals surface area (Å²) in [7, 11) is 0. The lowest BCUT2D eigenvalue weighted by molar-refractivity contribution is -0.162. The lowest BCUT2D eigenvalue weighted by Gasteiger charge is -2.19. The molecule has 0 aromatic heterocycles. The van der Waals surface area contributed by atoms with Gasteiger partial charge in [-0.3, -0.25) is 4.79 Å². The van der Waals surface area contributed by atoms with Crippen LogP contribution in [0.25, 0.3) is 0 Å². The lowest BCUT2D eigenvalue weighted by Crippen LogP contribution is -2.42. The third-order valence-electron chi connectivity index (χ3n) is 1.98. The van der Waals surface area contributed by atoms with E-state index in [1.807, 2.05) is 0 Å². The van der Waals surface area contributed by atoms with Crippen molar-refractivity contribution < 1.29 is 23.5 Å². The molecule has 5 heteroatoms. The number of rotatable bonds is 6. The summed E-state index contributed by atoms with van der Waals surface area (Å²) in [5.74, 6) is -2.41. The molecular weight excluding hydrogens is 203 g/mol. The second-order valence-corrected chi connectivity index (χ2v) is 3.28. The van der Waals surface area contributed by atoms with Gasteiger partial charge in [0.1, 0.15) is 5.78 Å². The monoisotopic (exact) mass is 218 g/mol. The van der Waals surface area contributed by atoms with E-state index in [1.54, 1.807) is 0 Å².